The van der Waals surface area contributed by atoms with Crippen molar-refractivity contribution in [1.29, 1.82) is 0 Å². The molecule has 1 aromatic heterocycles. The minimum Gasteiger partial charge on any atom is -0.419 e. The van der Waals surface area contributed by atoms with E-state index in [0.717, 1.165) is 16.5 Å². The zero-order valence-corrected chi connectivity index (χ0v) is 12.0. The van der Waals surface area contributed by atoms with E-state index in [4.69, 9.17) is 9.47 Å². The quantitative estimate of drug-likeness (QED) is 0.497. The predicted molar refractivity (Wildman–Crippen MR) is 77.3 cm³/mol. The molecule has 5 heteroatoms. The van der Waals surface area contributed by atoms with Crippen LogP contribution in [0.2, 0.25) is 0 Å². The highest BCUT2D eigenvalue weighted by molar-refractivity contribution is 6.19. The number of carbonyl (C=O) groups excluding carboxylic acids is 2. The summed E-state index contributed by atoms with van der Waals surface area (Å²) in [6.07, 6.45) is 1.48. The standard InChI is InChI=1S/C16H15NO4/c1-9-10-6-4-5-7-12(10)17-13(9)8-11-14(18)20-16(2,3)21-15(11)19/h4-8,17H,1-3H3. The number of esters is 2. The fourth-order valence-corrected chi connectivity index (χ4v) is 2.37. The summed E-state index contributed by atoms with van der Waals surface area (Å²) >= 11 is 0. The van der Waals surface area contributed by atoms with Gasteiger partial charge in [0.25, 0.3) is 5.79 Å². The van der Waals surface area contributed by atoms with Crippen LogP contribution in [0.5, 0.6) is 0 Å². The lowest BCUT2D eigenvalue weighted by Gasteiger charge is -2.29. The van der Waals surface area contributed by atoms with Gasteiger partial charge in [-0.15, -0.1) is 0 Å². The second-order valence-electron chi connectivity index (χ2n) is 5.45. The van der Waals surface area contributed by atoms with E-state index in [1.54, 1.807) is 0 Å². The SMILES string of the molecule is Cc1c(C=C2C(=O)OC(C)(C)OC2=O)[nH]c2ccccc12. The number of aromatic amines is 1. The normalized spacial score (nSPS) is 17.6. The van der Waals surface area contributed by atoms with Crippen LogP contribution in [-0.2, 0) is 19.1 Å². The minimum atomic E-state index is -1.22. The first-order valence-electron chi connectivity index (χ1n) is 6.63. The van der Waals surface area contributed by atoms with Gasteiger partial charge in [-0.2, -0.15) is 0 Å². The number of benzene rings is 1. The van der Waals surface area contributed by atoms with Gasteiger partial charge in [-0.3, -0.25) is 0 Å². The van der Waals surface area contributed by atoms with Crippen LogP contribution >= 0.6 is 0 Å². The summed E-state index contributed by atoms with van der Waals surface area (Å²) < 4.78 is 10.2. The molecule has 3 rings (SSSR count). The van der Waals surface area contributed by atoms with Crippen molar-refractivity contribution in [2.45, 2.75) is 26.6 Å². The van der Waals surface area contributed by atoms with Gasteiger partial charge in [0.2, 0.25) is 0 Å². The largest absolute Gasteiger partial charge is 0.419 e. The first-order valence-corrected chi connectivity index (χ1v) is 6.63. The van der Waals surface area contributed by atoms with Crippen molar-refractivity contribution in [1.82, 2.24) is 4.98 Å². The minimum absolute atomic E-state index is 0.107. The molecule has 0 saturated carbocycles. The molecule has 0 spiro atoms. The monoisotopic (exact) mass is 285 g/mol. The van der Waals surface area contributed by atoms with E-state index in [1.165, 1.54) is 19.9 Å². The molecule has 1 saturated heterocycles. The number of aryl methyl sites for hydroxylation is 1. The van der Waals surface area contributed by atoms with E-state index in [0.29, 0.717) is 5.69 Å². The van der Waals surface area contributed by atoms with Crippen molar-refractivity contribution in [3.63, 3.8) is 0 Å². The fourth-order valence-electron chi connectivity index (χ4n) is 2.37. The van der Waals surface area contributed by atoms with Gasteiger partial charge in [-0.25, -0.2) is 9.59 Å². The number of hydrogen-bond donors (Lipinski definition) is 1. The molecule has 0 bridgehead atoms. The van der Waals surface area contributed by atoms with Crippen LogP contribution in [0.25, 0.3) is 17.0 Å². The van der Waals surface area contributed by atoms with Crippen LogP contribution in [0.15, 0.2) is 29.8 Å². The van der Waals surface area contributed by atoms with Crippen LogP contribution in [0.1, 0.15) is 25.1 Å². The summed E-state index contributed by atoms with van der Waals surface area (Å²) in [4.78, 5) is 27.1. The number of nitrogens with one attached hydrogen (secondary N) is 1. The Hall–Kier alpha value is -2.56. The lowest BCUT2D eigenvalue weighted by Crippen LogP contribution is -2.41. The lowest BCUT2D eigenvalue weighted by molar-refractivity contribution is -0.222. The van der Waals surface area contributed by atoms with E-state index in [-0.39, 0.29) is 5.57 Å². The molecule has 1 fully saturated rings. The Bertz CT molecular complexity index is 761. The highest BCUT2D eigenvalue weighted by atomic mass is 16.7. The molecular weight excluding hydrogens is 270 g/mol. The van der Waals surface area contributed by atoms with E-state index in [9.17, 15) is 9.59 Å². The molecule has 1 N–H and O–H groups in total. The second-order valence-corrected chi connectivity index (χ2v) is 5.45. The third-order valence-electron chi connectivity index (χ3n) is 3.41. The molecule has 5 nitrogen and oxygen atoms in total. The summed E-state index contributed by atoms with van der Waals surface area (Å²) in [5, 5.41) is 1.04. The summed E-state index contributed by atoms with van der Waals surface area (Å²) in [5.41, 5.74) is 2.49. The number of fused-ring (bicyclic) bond motifs is 1. The van der Waals surface area contributed by atoms with Crippen molar-refractivity contribution in [3.05, 3.63) is 41.1 Å². The highest BCUT2D eigenvalue weighted by Gasteiger charge is 2.39. The lowest BCUT2D eigenvalue weighted by atomic mass is 10.1. The molecule has 0 aliphatic carbocycles. The Morgan fingerprint density at radius 3 is 2.33 bits per heavy atom. The van der Waals surface area contributed by atoms with Gasteiger partial charge >= 0.3 is 11.9 Å². The number of ether oxygens (including phenoxy) is 2. The second kappa shape index (κ2) is 4.48. The molecule has 1 aromatic carbocycles. The topological polar surface area (TPSA) is 68.4 Å². The Labute approximate surface area is 121 Å². The molecular formula is C16H15NO4. The zero-order valence-electron chi connectivity index (χ0n) is 12.0. The highest BCUT2D eigenvalue weighted by Crippen LogP contribution is 2.27. The van der Waals surface area contributed by atoms with Crippen LogP contribution in [0, 0.1) is 6.92 Å². The maximum absolute atomic E-state index is 11.9. The van der Waals surface area contributed by atoms with Gasteiger partial charge in [0.05, 0.1) is 0 Å². The number of hydrogen-bond acceptors (Lipinski definition) is 4. The fraction of sp³-hybridized carbons (Fsp3) is 0.250. The van der Waals surface area contributed by atoms with Crippen LogP contribution in [0.4, 0.5) is 0 Å². The van der Waals surface area contributed by atoms with Crippen molar-refractivity contribution >= 4 is 28.9 Å². The Morgan fingerprint density at radius 1 is 1.10 bits per heavy atom. The van der Waals surface area contributed by atoms with Crippen molar-refractivity contribution < 1.29 is 19.1 Å². The van der Waals surface area contributed by atoms with Gasteiger partial charge in [-0.1, -0.05) is 18.2 Å². The first kappa shape index (κ1) is 13.4. The Kier molecular flexibility index (Phi) is 2.86. The van der Waals surface area contributed by atoms with Gasteiger partial charge in [0.15, 0.2) is 0 Å². The maximum atomic E-state index is 11.9. The molecule has 21 heavy (non-hydrogen) atoms. The number of H-pyrrole nitrogens is 1. The van der Waals surface area contributed by atoms with Crippen molar-refractivity contribution in [2.75, 3.05) is 0 Å². The van der Waals surface area contributed by atoms with E-state index < -0.39 is 17.7 Å². The van der Waals surface area contributed by atoms with Gasteiger partial charge < -0.3 is 14.5 Å². The molecule has 2 aromatic rings. The van der Waals surface area contributed by atoms with E-state index in [1.807, 2.05) is 31.2 Å². The number of carbonyl (C=O) groups is 2. The molecule has 0 unspecified atom stereocenters. The zero-order chi connectivity index (χ0) is 15.2. The van der Waals surface area contributed by atoms with E-state index in [2.05, 4.69) is 4.98 Å². The third-order valence-corrected chi connectivity index (χ3v) is 3.41. The van der Waals surface area contributed by atoms with E-state index >= 15 is 0 Å². The van der Waals surface area contributed by atoms with Crippen LogP contribution in [0.3, 0.4) is 0 Å². The van der Waals surface area contributed by atoms with Gasteiger partial charge in [0, 0.05) is 30.4 Å². The molecule has 2 heterocycles. The Balaban J connectivity index is 2.06. The third kappa shape index (κ3) is 2.31. The van der Waals surface area contributed by atoms with Gasteiger partial charge in [-0.05, 0) is 24.6 Å². The van der Waals surface area contributed by atoms with Crippen molar-refractivity contribution in [2.24, 2.45) is 0 Å². The molecule has 1 aliphatic heterocycles. The van der Waals surface area contributed by atoms with Crippen LogP contribution in [-0.4, -0.2) is 22.7 Å². The van der Waals surface area contributed by atoms with Crippen LogP contribution < -0.4 is 0 Å². The maximum Gasteiger partial charge on any atom is 0.348 e. The number of aromatic nitrogens is 1. The number of para-hydroxylation sites is 1. The first-order chi connectivity index (χ1) is 9.87. The summed E-state index contributed by atoms with van der Waals surface area (Å²) in [6.45, 7) is 4.97. The average Bonchev–Trinajstić information content (AvgIpc) is 2.70. The average molecular weight is 285 g/mol. The molecule has 0 amide bonds. The number of rotatable bonds is 1. The summed E-state index contributed by atoms with van der Waals surface area (Å²) in [7, 11) is 0. The van der Waals surface area contributed by atoms with Gasteiger partial charge in [0.1, 0.15) is 5.57 Å². The molecule has 108 valence electrons. The summed E-state index contributed by atoms with van der Waals surface area (Å²) in [5.74, 6) is -2.57. The molecule has 0 atom stereocenters. The van der Waals surface area contributed by atoms with Crippen molar-refractivity contribution in [3.8, 4) is 0 Å². The predicted octanol–water partition coefficient (Wildman–Crippen LogP) is 2.70. The number of cyclic esters (lactones) is 2. The summed E-state index contributed by atoms with van der Waals surface area (Å²) in [6, 6.07) is 7.77. The molecule has 1 aliphatic rings. The smallest absolute Gasteiger partial charge is 0.348 e. The molecule has 0 radical (unpaired) electrons. The Morgan fingerprint density at radius 2 is 1.71 bits per heavy atom.